The summed E-state index contributed by atoms with van der Waals surface area (Å²) in [5, 5.41) is 6.66. The molecule has 13 aromatic rings. The molecule has 0 fully saturated rings. The number of rotatable bonds is 6. The van der Waals surface area contributed by atoms with E-state index in [0.717, 1.165) is 88.1 Å². The molecule has 6 nitrogen and oxygen atoms in total. The Balaban J connectivity index is 1.01. The maximum atomic E-state index is 6.69. The van der Waals surface area contributed by atoms with Gasteiger partial charge in [0.2, 0.25) is 5.95 Å². The number of para-hydroxylation sites is 3. The Morgan fingerprint density at radius 3 is 1.46 bits per heavy atom. The number of hydrogen-bond donors (Lipinski definition) is 0. The summed E-state index contributed by atoms with van der Waals surface area (Å²) in [6.45, 7) is 0. The lowest BCUT2D eigenvalue weighted by Crippen LogP contribution is -2.06. The van der Waals surface area contributed by atoms with Crippen molar-refractivity contribution >= 4 is 65.6 Å². The van der Waals surface area contributed by atoms with Gasteiger partial charge in [-0.25, -0.2) is 4.98 Å². The number of hydrogen-bond acceptors (Lipinski definition) is 4. The van der Waals surface area contributed by atoms with Crippen molar-refractivity contribution in [1.82, 2.24) is 24.1 Å². The third kappa shape index (κ3) is 5.69. The Bertz CT molecular complexity index is 3860. The van der Waals surface area contributed by atoms with Crippen molar-refractivity contribution in [3.05, 3.63) is 212 Å². The van der Waals surface area contributed by atoms with Gasteiger partial charge in [0.15, 0.2) is 11.6 Å². The molecule has 0 spiro atoms. The molecular formula is C57H35N5O. The molecule has 0 aliphatic carbocycles. The Morgan fingerprint density at radius 1 is 0.286 bits per heavy atom. The van der Waals surface area contributed by atoms with Gasteiger partial charge >= 0.3 is 0 Å². The molecule has 9 aromatic carbocycles. The number of aromatic nitrogens is 5. The zero-order valence-corrected chi connectivity index (χ0v) is 33.9. The number of benzene rings is 9. The molecule has 0 saturated heterocycles. The molecule has 63 heavy (non-hydrogen) atoms. The van der Waals surface area contributed by atoms with Crippen molar-refractivity contribution in [2.75, 3.05) is 0 Å². The van der Waals surface area contributed by atoms with Crippen molar-refractivity contribution in [2.45, 2.75) is 0 Å². The first kappa shape index (κ1) is 35.2. The maximum absolute atomic E-state index is 6.69. The summed E-state index contributed by atoms with van der Waals surface area (Å²) >= 11 is 0. The van der Waals surface area contributed by atoms with E-state index in [1.807, 2.05) is 12.1 Å². The highest BCUT2D eigenvalue weighted by Gasteiger charge is 2.21. The lowest BCUT2D eigenvalue weighted by molar-refractivity contribution is 0.669. The van der Waals surface area contributed by atoms with Crippen LogP contribution in [0.25, 0.3) is 122 Å². The third-order valence-electron chi connectivity index (χ3n) is 12.4. The van der Waals surface area contributed by atoms with E-state index in [4.69, 9.17) is 19.4 Å². The largest absolute Gasteiger partial charge is 0.456 e. The van der Waals surface area contributed by atoms with Gasteiger partial charge in [-0.1, -0.05) is 146 Å². The molecule has 0 aliphatic rings. The third-order valence-corrected chi connectivity index (χ3v) is 12.4. The molecule has 294 valence electrons. The molecular weight excluding hydrogens is 771 g/mol. The van der Waals surface area contributed by atoms with Crippen molar-refractivity contribution < 1.29 is 4.42 Å². The fourth-order valence-corrected chi connectivity index (χ4v) is 9.44. The molecule has 0 radical (unpaired) electrons. The minimum absolute atomic E-state index is 0.556. The molecule has 0 bridgehead atoms. The quantitative estimate of drug-likeness (QED) is 0.168. The van der Waals surface area contributed by atoms with Crippen LogP contribution in [-0.2, 0) is 0 Å². The van der Waals surface area contributed by atoms with Gasteiger partial charge in [0.25, 0.3) is 0 Å². The van der Waals surface area contributed by atoms with Gasteiger partial charge < -0.3 is 8.98 Å². The Morgan fingerprint density at radius 2 is 0.794 bits per heavy atom. The fourth-order valence-electron chi connectivity index (χ4n) is 9.44. The zero-order valence-electron chi connectivity index (χ0n) is 33.9. The van der Waals surface area contributed by atoms with E-state index in [0.29, 0.717) is 17.6 Å². The van der Waals surface area contributed by atoms with E-state index in [9.17, 15) is 0 Å². The molecule has 13 rings (SSSR count). The van der Waals surface area contributed by atoms with Crippen molar-refractivity contribution in [3.8, 4) is 56.7 Å². The molecule has 4 aromatic heterocycles. The lowest BCUT2D eigenvalue weighted by Gasteiger charge is -2.11. The van der Waals surface area contributed by atoms with Crippen LogP contribution in [-0.4, -0.2) is 24.1 Å². The minimum atomic E-state index is 0.556. The second-order valence-corrected chi connectivity index (χ2v) is 16.0. The fraction of sp³-hybridized carbons (Fsp3) is 0. The number of nitrogens with zero attached hydrogens (tertiary/aromatic N) is 5. The van der Waals surface area contributed by atoms with Gasteiger partial charge in [-0.05, 0) is 82.9 Å². The molecule has 6 heteroatoms. The summed E-state index contributed by atoms with van der Waals surface area (Å²) in [7, 11) is 0. The summed E-state index contributed by atoms with van der Waals surface area (Å²) in [4.78, 5) is 15.8. The predicted octanol–water partition coefficient (Wildman–Crippen LogP) is 14.6. The molecule has 0 amide bonds. The first-order chi connectivity index (χ1) is 31.2. The van der Waals surface area contributed by atoms with Gasteiger partial charge in [-0.15, -0.1) is 0 Å². The van der Waals surface area contributed by atoms with E-state index >= 15 is 0 Å². The summed E-state index contributed by atoms with van der Waals surface area (Å²) in [6.07, 6.45) is 0. The SMILES string of the molecule is c1ccc(-c2cccc(-c3nc(-c4ccc5oc6cc7c(cc6c5c4)c4ccccc4n7-c4cccc(-c5ccccc5)c4)nc(-n4c5ccccc5c5ccccc54)n3)c2)cc1. The highest BCUT2D eigenvalue weighted by Crippen LogP contribution is 2.40. The van der Waals surface area contributed by atoms with Gasteiger partial charge in [0, 0.05) is 55.2 Å². The minimum Gasteiger partial charge on any atom is -0.456 e. The standard InChI is InChI=1S/C57H35N5O/c1-3-15-36(16-4-1)38-19-13-21-40(31-38)55-58-56(60-57(59-55)62-50-27-11-7-23-43(50)44-24-8-12-28-51(44)62)41-29-30-53-47(33-41)48-34-46-45-25-9-10-26-49(45)61(52(46)35-54(48)63-53)42-22-14-20-39(32-42)37-17-5-2-6-18-37/h1-35H. The number of furan rings is 1. The molecule has 0 atom stereocenters. The average molecular weight is 806 g/mol. The van der Waals surface area contributed by atoms with Crippen molar-refractivity contribution in [2.24, 2.45) is 0 Å². The second kappa shape index (κ2) is 14.0. The Hall–Kier alpha value is -8.61. The first-order valence-corrected chi connectivity index (χ1v) is 21.2. The van der Waals surface area contributed by atoms with E-state index < -0.39 is 0 Å². The van der Waals surface area contributed by atoms with Gasteiger partial charge in [0.05, 0.1) is 22.1 Å². The first-order valence-electron chi connectivity index (χ1n) is 21.2. The molecule has 4 heterocycles. The van der Waals surface area contributed by atoms with Crippen LogP contribution in [0.2, 0.25) is 0 Å². The van der Waals surface area contributed by atoms with E-state index in [1.54, 1.807) is 0 Å². The monoisotopic (exact) mass is 805 g/mol. The molecule has 0 aliphatic heterocycles. The maximum Gasteiger partial charge on any atom is 0.238 e. The van der Waals surface area contributed by atoms with E-state index in [1.165, 1.54) is 16.5 Å². The lowest BCUT2D eigenvalue weighted by atomic mass is 10.0. The van der Waals surface area contributed by atoms with Crippen LogP contribution < -0.4 is 0 Å². The summed E-state index contributed by atoms with van der Waals surface area (Å²) in [5.41, 5.74) is 13.4. The second-order valence-electron chi connectivity index (χ2n) is 16.0. The zero-order chi connectivity index (χ0) is 41.4. The van der Waals surface area contributed by atoms with Crippen LogP contribution in [0.5, 0.6) is 0 Å². The molecule has 0 N–H and O–H groups in total. The summed E-state index contributed by atoms with van der Waals surface area (Å²) < 4.78 is 11.2. The highest BCUT2D eigenvalue weighted by molar-refractivity contribution is 6.18. The van der Waals surface area contributed by atoms with Gasteiger partial charge in [0.1, 0.15) is 11.2 Å². The van der Waals surface area contributed by atoms with Gasteiger partial charge in [-0.3, -0.25) is 4.57 Å². The number of fused-ring (bicyclic) bond motifs is 9. The Kier molecular flexibility index (Phi) is 7.80. The van der Waals surface area contributed by atoms with E-state index in [2.05, 4.69) is 209 Å². The normalized spacial score (nSPS) is 11.8. The topological polar surface area (TPSA) is 61.7 Å². The van der Waals surface area contributed by atoms with Crippen LogP contribution in [0.15, 0.2) is 217 Å². The Labute approximate surface area is 361 Å². The van der Waals surface area contributed by atoms with Crippen molar-refractivity contribution in [3.63, 3.8) is 0 Å². The molecule has 0 unspecified atom stereocenters. The molecule has 0 saturated carbocycles. The van der Waals surface area contributed by atoms with Crippen molar-refractivity contribution in [1.29, 1.82) is 0 Å². The van der Waals surface area contributed by atoms with Crippen LogP contribution in [0.4, 0.5) is 0 Å². The smallest absolute Gasteiger partial charge is 0.238 e. The van der Waals surface area contributed by atoms with Crippen LogP contribution >= 0.6 is 0 Å². The average Bonchev–Trinajstić information content (AvgIpc) is 4.00. The summed E-state index contributed by atoms with van der Waals surface area (Å²) in [6, 6.07) is 74.4. The summed E-state index contributed by atoms with van der Waals surface area (Å²) in [5.74, 6) is 1.73. The van der Waals surface area contributed by atoms with E-state index in [-0.39, 0.29) is 0 Å². The van der Waals surface area contributed by atoms with Crippen LogP contribution in [0, 0.1) is 0 Å². The van der Waals surface area contributed by atoms with Crippen LogP contribution in [0.1, 0.15) is 0 Å². The van der Waals surface area contributed by atoms with Crippen LogP contribution in [0.3, 0.4) is 0 Å². The highest BCUT2D eigenvalue weighted by atomic mass is 16.3. The van der Waals surface area contributed by atoms with Gasteiger partial charge in [-0.2, -0.15) is 9.97 Å². The predicted molar refractivity (Wildman–Crippen MR) is 258 cm³/mol.